The van der Waals surface area contributed by atoms with Gasteiger partial charge in [0.1, 0.15) is 17.6 Å². The molecule has 0 bridgehead atoms. The number of aromatic nitrogens is 2. The Hall–Kier alpha value is -3.01. The van der Waals surface area contributed by atoms with Crippen molar-refractivity contribution in [2.24, 2.45) is 0 Å². The van der Waals surface area contributed by atoms with E-state index in [1.54, 1.807) is 6.07 Å². The van der Waals surface area contributed by atoms with E-state index >= 15 is 0 Å². The molecule has 6 nitrogen and oxygen atoms in total. The van der Waals surface area contributed by atoms with Gasteiger partial charge in [-0.25, -0.2) is 9.49 Å². The molecule has 0 radical (unpaired) electrons. The fourth-order valence-electron chi connectivity index (χ4n) is 1.38. The van der Waals surface area contributed by atoms with Gasteiger partial charge in [-0.1, -0.05) is 0 Å². The van der Waals surface area contributed by atoms with Gasteiger partial charge in [0.15, 0.2) is 0 Å². The number of amides is 1. The Morgan fingerprint density at radius 2 is 2.16 bits per heavy atom. The number of aromatic amines is 1. The number of halogens is 1. The van der Waals surface area contributed by atoms with Gasteiger partial charge in [0.05, 0.1) is 11.3 Å². The Morgan fingerprint density at radius 3 is 2.79 bits per heavy atom. The second-order valence-corrected chi connectivity index (χ2v) is 3.56. The summed E-state index contributed by atoms with van der Waals surface area (Å²) in [5, 5.41) is 16.9. The maximum Gasteiger partial charge on any atom is 0.276 e. The van der Waals surface area contributed by atoms with Crippen LogP contribution in [0.25, 0.3) is 0 Å². The van der Waals surface area contributed by atoms with Crippen LogP contribution >= 0.6 is 0 Å². The summed E-state index contributed by atoms with van der Waals surface area (Å²) in [6.45, 7) is 0. The van der Waals surface area contributed by atoms with Crippen molar-refractivity contribution in [3.63, 3.8) is 0 Å². The molecule has 0 atom stereocenters. The van der Waals surface area contributed by atoms with E-state index < -0.39 is 17.3 Å². The lowest BCUT2D eigenvalue weighted by atomic mass is 10.2. The summed E-state index contributed by atoms with van der Waals surface area (Å²) >= 11 is 0. The Labute approximate surface area is 106 Å². The SMILES string of the molecule is N#Cc1cc(F)ccc1NC(=O)c1ccc(=O)[nH]n1. The Kier molecular flexibility index (Phi) is 3.34. The number of benzene rings is 1. The third-order valence-corrected chi connectivity index (χ3v) is 2.26. The molecular formula is C12H7FN4O2. The van der Waals surface area contributed by atoms with Crippen molar-refractivity contribution in [3.8, 4) is 6.07 Å². The molecule has 94 valence electrons. The third-order valence-electron chi connectivity index (χ3n) is 2.26. The molecule has 1 heterocycles. The van der Waals surface area contributed by atoms with Crippen molar-refractivity contribution >= 4 is 11.6 Å². The highest BCUT2D eigenvalue weighted by Crippen LogP contribution is 2.16. The van der Waals surface area contributed by atoms with E-state index in [2.05, 4.69) is 15.5 Å². The molecule has 0 unspecified atom stereocenters. The number of nitrogens with zero attached hydrogens (tertiary/aromatic N) is 2. The van der Waals surface area contributed by atoms with Crippen molar-refractivity contribution in [2.75, 3.05) is 5.32 Å². The number of H-pyrrole nitrogens is 1. The first-order valence-electron chi connectivity index (χ1n) is 5.17. The van der Waals surface area contributed by atoms with Crippen molar-refractivity contribution in [1.82, 2.24) is 10.2 Å². The highest BCUT2D eigenvalue weighted by molar-refractivity contribution is 6.03. The maximum atomic E-state index is 12.9. The number of hydrogen-bond donors (Lipinski definition) is 2. The van der Waals surface area contributed by atoms with E-state index in [9.17, 15) is 14.0 Å². The first-order chi connectivity index (χ1) is 9.10. The van der Waals surface area contributed by atoms with Crippen molar-refractivity contribution in [3.05, 3.63) is 57.8 Å². The van der Waals surface area contributed by atoms with E-state index in [1.807, 2.05) is 0 Å². The second kappa shape index (κ2) is 5.10. The van der Waals surface area contributed by atoms with E-state index in [4.69, 9.17) is 5.26 Å². The fraction of sp³-hybridized carbons (Fsp3) is 0. The van der Waals surface area contributed by atoms with Gasteiger partial charge in [-0.15, -0.1) is 0 Å². The summed E-state index contributed by atoms with van der Waals surface area (Å²) in [6.07, 6.45) is 0. The average Bonchev–Trinajstić information content (AvgIpc) is 2.41. The zero-order chi connectivity index (χ0) is 13.8. The first kappa shape index (κ1) is 12.4. The number of carbonyl (C=O) groups excluding carboxylic acids is 1. The third kappa shape index (κ3) is 2.81. The monoisotopic (exact) mass is 258 g/mol. The summed E-state index contributed by atoms with van der Waals surface area (Å²) < 4.78 is 12.9. The Bertz CT molecular complexity index is 713. The second-order valence-electron chi connectivity index (χ2n) is 3.56. The van der Waals surface area contributed by atoms with Gasteiger partial charge in [0, 0.05) is 6.07 Å². The van der Waals surface area contributed by atoms with Gasteiger partial charge in [-0.3, -0.25) is 9.59 Å². The summed E-state index contributed by atoms with van der Waals surface area (Å²) in [4.78, 5) is 22.6. The summed E-state index contributed by atoms with van der Waals surface area (Å²) in [7, 11) is 0. The number of carbonyl (C=O) groups is 1. The lowest BCUT2D eigenvalue weighted by Crippen LogP contribution is -2.18. The molecule has 1 aromatic carbocycles. The van der Waals surface area contributed by atoms with Crippen molar-refractivity contribution in [1.29, 1.82) is 5.26 Å². The summed E-state index contributed by atoms with van der Waals surface area (Å²) in [6, 6.07) is 7.57. The van der Waals surface area contributed by atoms with E-state index in [0.29, 0.717) is 0 Å². The normalized spacial score (nSPS) is 9.68. The van der Waals surface area contributed by atoms with Crippen LogP contribution in [-0.2, 0) is 0 Å². The van der Waals surface area contributed by atoms with Gasteiger partial charge in [-0.2, -0.15) is 10.4 Å². The van der Waals surface area contributed by atoms with Crippen LogP contribution in [0.4, 0.5) is 10.1 Å². The highest BCUT2D eigenvalue weighted by atomic mass is 19.1. The quantitative estimate of drug-likeness (QED) is 0.840. The molecule has 0 saturated heterocycles. The van der Waals surface area contributed by atoms with Gasteiger partial charge in [-0.05, 0) is 24.3 Å². The molecule has 0 aliphatic heterocycles. The van der Waals surface area contributed by atoms with Gasteiger partial charge < -0.3 is 5.32 Å². The molecule has 2 N–H and O–H groups in total. The number of hydrogen-bond acceptors (Lipinski definition) is 4. The lowest BCUT2D eigenvalue weighted by molar-refractivity contribution is 0.102. The highest BCUT2D eigenvalue weighted by Gasteiger charge is 2.11. The molecule has 1 aromatic heterocycles. The van der Waals surface area contributed by atoms with E-state index in [0.717, 1.165) is 18.2 Å². The first-order valence-corrected chi connectivity index (χ1v) is 5.17. The predicted octanol–water partition coefficient (Wildman–Crippen LogP) is 1.03. The molecule has 0 saturated carbocycles. The van der Waals surface area contributed by atoms with Gasteiger partial charge >= 0.3 is 0 Å². The minimum Gasteiger partial charge on any atom is -0.319 e. The number of nitrogens with one attached hydrogen (secondary N) is 2. The Balaban J connectivity index is 2.27. The average molecular weight is 258 g/mol. The largest absolute Gasteiger partial charge is 0.319 e. The van der Waals surface area contributed by atoms with E-state index in [1.165, 1.54) is 12.1 Å². The maximum absolute atomic E-state index is 12.9. The molecule has 0 spiro atoms. The zero-order valence-corrected chi connectivity index (χ0v) is 9.48. The van der Waals surface area contributed by atoms with Crippen LogP contribution in [0.15, 0.2) is 35.1 Å². The van der Waals surface area contributed by atoms with Crippen LogP contribution in [0.5, 0.6) is 0 Å². The van der Waals surface area contributed by atoms with Crippen LogP contribution in [0.3, 0.4) is 0 Å². The van der Waals surface area contributed by atoms with Crippen LogP contribution in [-0.4, -0.2) is 16.1 Å². The zero-order valence-electron chi connectivity index (χ0n) is 9.48. The lowest BCUT2D eigenvalue weighted by Gasteiger charge is -2.05. The van der Waals surface area contributed by atoms with Crippen molar-refractivity contribution in [2.45, 2.75) is 0 Å². The van der Waals surface area contributed by atoms with Crippen LogP contribution in [0.2, 0.25) is 0 Å². The number of rotatable bonds is 2. The number of nitriles is 1. The van der Waals surface area contributed by atoms with Gasteiger partial charge in [0.2, 0.25) is 0 Å². The molecule has 0 aliphatic rings. The smallest absolute Gasteiger partial charge is 0.276 e. The fourth-order valence-corrected chi connectivity index (χ4v) is 1.38. The standard InChI is InChI=1S/C12H7FN4O2/c13-8-1-2-9(7(5-8)6-14)15-12(19)10-3-4-11(18)17-16-10/h1-5H,(H,15,19)(H,17,18). The molecule has 1 amide bonds. The molecule has 2 aromatic rings. The molecule has 7 heteroatoms. The molecule has 2 rings (SSSR count). The van der Waals surface area contributed by atoms with Crippen LogP contribution in [0.1, 0.15) is 16.1 Å². The van der Waals surface area contributed by atoms with Gasteiger partial charge in [0.25, 0.3) is 11.5 Å². The van der Waals surface area contributed by atoms with Crippen LogP contribution in [0, 0.1) is 17.1 Å². The van der Waals surface area contributed by atoms with E-state index in [-0.39, 0.29) is 16.9 Å². The minimum absolute atomic E-state index is 0.00206. The topological polar surface area (TPSA) is 98.6 Å². The molecular weight excluding hydrogens is 251 g/mol. The summed E-state index contributed by atoms with van der Waals surface area (Å²) in [5.41, 5.74) is -0.288. The minimum atomic E-state index is -0.612. The number of anilines is 1. The predicted molar refractivity (Wildman–Crippen MR) is 63.9 cm³/mol. The Morgan fingerprint density at radius 1 is 1.37 bits per heavy atom. The van der Waals surface area contributed by atoms with Crippen LogP contribution < -0.4 is 10.9 Å². The molecule has 0 fully saturated rings. The summed E-state index contributed by atoms with van der Waals surface area (Å²) in [5.74, 6) is -1.18. The molecule has 0 aliphatic carbocycles. The van der Waals surface area contributed by atoms with Crippen molar-refractivity contribution < 1.29 is 9.18 Å². The molecule has 19 heavy (non-hydrogen) atoms.